The molecular formula is C19H20. The fourth-order valence-corrected chi connectivity index (χ4v) is 2.82. The SMILES string of the molecule is C(=CC1CCC1Cc1ccccc1)c1ccccc1. The molecule has 2 aromatic rings. The molecule has 0 heterocycles. The summed E-state index contributed by atoms with van der Waals surface area (Å²) in [6.07, 6.45) is 8.64. The van der Waals surface area contributed by atoms with E-state index in [1.807, 2.05) is 0 Å². The molecule has 3 rings (SSSR count). The minimum Gasteiger partial charge on any atom is -0.0805 e. The molecule has 0 bridgehead atoms. The lowest BCUT2D eigenvalue weighted by molar-refractivity contribution is 0.227. The summed E-state index contributed by atoms with van der Waals surface area (Å²) < 4.78 is 0. The van der Waals surface area contributed by atoms with Crippen LogP contribution in [0.5, 0.6) is 0 Å². The molecular weight excluding hydrogens is 228 g/mol. The highest BCUT2D eigenvalue weighted by Crippen LogP contribution is 2.38. The number of hydrogen-bond acceptors (Lipinski definition) is 0. The summed E-state index contributed by atoms with van der Waals surface area (Å²) in [7, 11) is 0. The molecule has 0 aromatic heterocycles. The Balaban J connectivity index is 1.59. The first-order chi connectivity index (χ1) is 9.42. The molecule has 19 heavy (non-hydrogen) atoms. The van der Waals surface area contributed by atoms with Gasteiger partial charge in [0.25, 0.3) is 0 Å². The average Bonchev–Trinajstić information content (AvgIpc) is 2.46. The quantitative estimate of drug-likeness (QED) is 0.716. The van der Waals surface area contributed by atoms with Gasteiger partial charge in [-0.25, -0.2) is 0 Å². The second kappa shape index (κ2) is 5.88. The molecule has 0 saturated heterocycles. The van der Waals surface area contributed by atoms with Crippen molar-refractivity contribution in [2.24, 2.45) is 11.8 Å². The van der Waals surface area contributed by atoms with Crippen molar-refractivity contribution in [3.8, 4) is 0 Å². The Morgan fingerprint density at radius 2 is 1.53 bits per heavy atom. The Hall–Kier alpha value is -1.82. The van der Waals surface area contributed by atoms with E-state index in [4.69, 9.17) is 0 Å². The zero-order valence-electron chi connectivity index (χ0n) is 11.2. The van der Waals surface area contributed by atoms with Gasteiger partial charge in [-0.05, 0) is 42.2 Å². The van der Waals surface area contributed by atoms with Gasteiger partial charge in [0.1, 0.15) is 0 Å². The third-order valence-corrected chi connectivity index (χ3v) is 4.15. The van der Waals surface area contributed by atoms with Gasteiger partial charge >= 0.3 is 0 Å². The van der Waals surface area contributed by atoms with Crippen molar-refractivity contribution in [1.29, 1.82) is 0 Å². The number of hydrogen-bond donors (Lipinski definition) is 0. The Labute approximate surface area is 115 Å². The van der Waals surface area contributed by atoms with Crippen molar-refractivity contribution < 1.29 is 0 Å². The van der Waals surface area contributed by atoms with E-state index in [0.29, 0.717) is 0 Å². The van der Waals surface area contributed by atoms with Crippen molar-refractivity contribution >= 4 is 6.08 Å². The first-order valence-electron chi connectivity index (χ1n) is 7.19. The first-order valence-corrected chi connectivity index (χ1v) is 7.19. The maximum Gasteiger partial charge on any atom is -0.0199 e. The Kier molecular flexibility index (Phi) is 3.78. The van der Waals surface area contributed by atoms with E-state index in [2.05, 4.69) is 72.8 Å². The topological polar surface area (TPSA) is 0 Å². The van der Waals surface area contributed by atoms with Gasteiger partial charge < -0.3 is 0 Å². The molecule has 0 heteroatoms. The van der Waals surface area contributed by atoms with E-state index in [0.717, 1.165) is 11.8 Å². The summed E-state index contributed by atoms with van der Waals surface area (Å²) in [6, 6.07) is 21.5. The predicted molar refractivity (Wildman–Crippen MR) is 81.8 cm³/mol. The second-order valence-electron chi connectivity index (χ2n) is 5.46. The maximum absolute atomic E-state index is 2.41. The van der Waals surface area contributed by atoms with Crippen LogP contribution in [0.15, 0.2) is 66.7 Å². The fourth-order valence-electron chi connectivity index (χ4n) is 2.82. The first kappa shape index (κ1) is 12.2. The van der Waals surface area contributed by atoms with Crippen LogP contribution in [0.3, 0.4) is 0 Å². The normalized spacial score (nSPS) is 22.3. The molecule has 0 amide bonds. The molecule has 0 nitrogen and oxygen atoms in total. The number of allylic oxidation sites excluding steroid dienone is 1. The lowest BCUT2D eigenvalue weighted by atomic mass is 9.70. The molecule has 2 atom stereocenters. The van der Waals surface area contributed by atoms with E-state index in [1.54, 1.807) is 0 Å². The summed E-state index contributed by atoms with van der Waals surface area (Å²) >= 11 is 0. The summed E-state index contributed by atoms with van der Waals surface area (Å²) in [5.41, 5.74) is 2.79. The molecule has 0 spiro atoms. The Morgan fingerprint density at radius 3 is 2.16 bits per heavy atom. The van der Waals surface area contributed by atoms with Gasteiger partial charge in [0.05, 0.1) is 0 Å². The third-order valence-electron chi connectivity index (χ3n) is 4.15. The van der Waals surface area contributed by atoms with Gasteiger partial charge in [-0.3, -0.25) is 0 Å². The molecule has 1 aliphatic carbocycles. The summed E-state index contributed by atoms with van der Waals surface area (Å²) in [6.45, 7) is 0. The zero-order valence-corrected chi connectivity index (χ0v) is 11.2. The number of rotatable bonds is 4. The van der Waals surface area contributed by atoms with Gasteiger partial charge in [0.15, 0.2) is 0 Å². The van der Waals surface area contributed by atoms with Crippen LogP contribution in [0.2, 0.25) is 0 Å². The van der Waals surface area contributed by atoms with Crippen LogP contribution in [0.25, 0.3) is 6.08 Å². The van der Waals surface area contributed by atoms with Crippen LogP contribution in [0, 0.1) is 11.8 Å². The van der Waals surface area contributed by atoms with E-state index < -0.39 is 0 Å². The lowest BCUT2D eigenvalue weighted by Crippen LogP contribution is -2.25. The summed E-state index contributed by atoms with van der Waals surface area (Å²) in [4.78, 5) is 0. The monoisotopic (exact) mass is 248 g/mol. The van der Waals surface area contributed by atoms with Crippen molar-refractivity contribution in [3.05, 3.63) is 77.9 Å². The van der Waals surface area contributed by atoms with E-state index in [9.17, 15) is 0 Å². The standard InChI is InChI=1S/C19H20/c1-3-7-16(8-4-1)11-12-18-13-14-19(18)15-17-9-5-2-6-10-17/h1-12,18-19H,13-15H2. The van der Waals surface area contributed by atoms with Gasteiger partial charge in [-0.2, -0.15) is 0 Å². The Morgan fingerprint density at radius 1 is 0.842 bits per heavy atom. The van der Waals surface area contributed by atoms with Crippen molar-refractivity contribution in [2.45, 2.75) is 19.3 Å². The van der Waals surface area contributed by atoms with E-state index >= 15 is 0 Å². The van der Waals surface area contributed by atoms with Crippen molar-refractivity contribution in [2.75, 3.05) is 0 Å². The van der Waals surface area contributed by atoms with Crippen LogP contribution in [0.4, 0.5) is 0 Å². The van der Waals surface area contributed by atoms with Crippen LogP contribution in [-0.4, -0.2) is 0 Å². The highest BCUT2D eigenvalue weighted by atomic mass is 14.3. The highest BCUT2D eigenvalue weighted by Gasteiger charge is 2.28. The van der Waals surface area contributed by atoms with Crippen LogP contribution in [-0.2, 0) is 6.42 Å². The molecule has 2 unspecified atom stereocenters. The minimum absolute atomic E-state index is 0.764. The summed E-state index contributed by atoms with van der Waals surface area (Å²) in [5, 5.41) is 0. The largest absolute Gasteiger partial charge is 0.0805 e. The highest BCUT2D eigenvalue weighted by molar-refractivity contribution is 5.49. The molecule has 2 aromatic carbocycles. The third kappa shape index (κ3) is 3.14. The molecule has 1 fully saturated rings. The molecule has 96 valence electrons. The second-order valence-corrected chi connectivity index (χ2v) is 5.46. The molecule has 0 aliphatic heterocycles. The Bertz CT molecular complexity index is 524. The van der Waals surface area contributed by atoms with Crippen LogP contribution in [0.1, 0.15) is 24.0 Å². The van der Waals surface area contributed by atoms with Crippen LogP contribution >= 0.6 is 0 Å². The maximum atomic E-state index is 2.41. The van der Waals surface area contributed by atoms with Gasteiger partial charge in [-0.15, -0.1) is 0 Å². The molecule has 1 aliphatic rings. The molecule has 0 radical (unpaired) electrons. The van der Waals surface area contributed by atoms with E-state index in [-0.39, 0.29) is 0 Å². The smallest absolute Gasteiger partial charge is 0.0199 e. The molecule has 0 N–H and O–H groups in total. The summed E-state index contributed by atoms with van der Waals surface area (Å²) in [5.74, 6) is 1.60. The van der Waals surface area contributed by atoms with Gasteiger partial charge in [-0.1, -0.05) is 72.8 Å². The van der Waals surface area contributed by atoms with Crippen molar-refractivity contribution in [3.63, 3.8) is 0 Å². The van der Waals surface area contributed by atoms with Crippen molar-refractivity contribution in [1.82, 2.24) is 0 Å². The average molecular weight is 248 g/mol. The van der Waals surface area contributed by atoms with Gasteiger partial charge in [0.2, 0.25) is 0 Å². The van der Waals surface area contributed by atoms with E-state index in [1.165, 1.54) is 30.4 Å². The zero-order chi connectivity index (χ0) is 12.9. The fraction of sp³-hybridized carbons (Fsp3) is 0.263. The number of benzene rings is 2. The minimum atomic E-state index is 0.764. The lowest BCUT2D eigenvalue weighted by Gasteiger charge is -2.34. The van der Waals surface area contributed by atoms with Crippen LogP contribution < -0.4 is 0 Å². The van der Waals surface area contributed by atoms with Gasteiger partial charge in [0, 0.05) is 0 Å². The molecule has 1 saturated carbocycles. The predicted octanol–water partition coefficient (Wildman–Crippen LogP) is 4.97.